The quantitative estimate of drug-likeness (QED) is 0.579. The van der Waals surface area contributed by atoms with Gasteiger partial charge in [0.05, 0.1) is 11.3 Å². The summed E-state index contributed by atoms with van der Waals surface area (Å²) in [6, 6.07) is 13.4. The molecule has 0 bridgehead atoms. The van der Waals surface area contributed by atoms with Gasteiger partial charge >= 0.3 is 0 Å². The molecule has 0 aliphatic heterocycles. The second-order valence-corrected chi connectivity index (χ2v) is 5.92. The summed E-state index contributed by atoms with van der Waals surface area (Å²) in [6.07, 6.45) is 0.940. The van der Waals surface area contributed by atoms with E-state index in [0.717, 1.165) is 38.9 Å². The van der Waals surface area contributed by atoms with Gasteiger partial charge in [-0.2, -0.15) is 0 Å². The fraction of sp³-hybridized carbons (Fsp3) is 0.235. The SMILES string of the molecule is CNCCCOc1cccc2c(=O)c3ccccc3sc12. The number of hydrogen-bond acceptors (Lipinski definition) is 4. The van der Waals surface area contributed by atoms with E-state index in [-0.39, 0.29) is 5.43 Å². The molecule has 3 aromatic rings. The van der Waals surface area contributed by atoms with Crippen molar-refractivity contribution in [3.63, 3.8) is 0 Å². The third-order valence-corrected chi connectivity index (χ3v) is 4.60. The minimum atomic E-state index is 0.0834. The Labute approximate surface area is 127 Å². The summed E-state index contributed by atoms with van der Waals surface area (Å²) in [7, 11) is 1.93. The Morgan fingerprint density at radius 2 is 1.90 bits per heavy atom. The van der Waals surface area contributed by atoms with Crippen molar-refractivity contribution in [3.05, 3.63) is 52.7 Å². The molecule has 0 unspecified atom stereocenters. The highest BCUT2D eigenvalue weighted by Gasteiger charge is 2.09. The van der Waals surface area contributed by atoms with Gasteiger partial charge in [0, 0.05) is 15.5 Å². The molecule has 0 aliphatic rings. The van der Waals surface area contributed by atoms with Crippen molar-refractivity contribution >= 4 is 31.5 Å². The molecule has 0 spiro atoms. The lowest BCUT2D eigenvalue weighted by Gasteiger charge is -2.09. The zero-order chi connectivity index (χ0) is 14.7. The first-order chi connectivity index (χ1) is 10.3. The summed E-state index contributed by atoms with van der Waals surface area (Å²) in [5.41, 5.74) is 0.0834. The smallest absolute Gasteiger partial charge is 0.196 e. The van der Waals surface area contributed by atoms with E-state index in [4.69, 9.17) is 4.74 Å². The highest BCUT2D eigenvalue weighted by atomic mass is 32.1. The molecular formula is C17H17NO2S. The first-order valence-electron chi connectivity index (χ1n) is 7.03. The van der Waals surface area contributed by atoms with Crippen LogP contribution in [0.15, 0.2) is 47.3 Å². The third kappa shape index (κ3) is 2.77. The predicted octanol–water partition coefficient (Wildman–Crippen LogP) is 3.40. The van der Waals surface area contributed by atoms with Gasteiger partial charge in [0.15, 0.2) is 5.43 Å². The summed E-state index contributed by atoms with van der Waals surface area (Å²) in [4.78, 5) is 12.6. The maximum Gasteiger partial charge on any atom is 0.196 e. The summed E-state index contributed by atoms with van der Waals surface area (Å²) in [6.45, 7) is 1.57. The van der Waals surface area contributed by atoms with Crippen LogP contribution in [-0.2, 0) is 0 Å². The molecule has 0 radical (unpaired) electrons. The molecule has 2 aromatic carbocycles. The Balaban J connectivity index is 2.08. The summed E-state index contributed by atoms with van der Waals surface area (Å²) < 4.78 is 7.79. The van der Waals surface area contributed by atoms with Crippen LogP contribution < -0.4 is 15.5 Å². The topological polar surface area (TPSA) is 38.3 Å². The van der Waals surface area contributed by atoms with Gasteiger partial charge in [-0.1, -0.05) is 18.2 Å². The van der Waals surface area contributed by atoms with E-state index in [0.29, 0.717) is 6.61 Å². The molecule has 0 saturated heterocycles. The highest BCUT2D eigenvalue weighted by Crippen LogP contribution is 2.31. The van der Waals surface area contributed by atoms with E-state index in [1.807, 2.05) is 49.5 Å². The molecule has 0 saturated carbocycles. The molecule has 0 amide bonds. The van der Waals surface area contributed by atoms with Gasteiger partial charge in [0.25, 0.3) is 0 Å². The van der Waals surface area contributed by atoms with Crippen LogP contribution in [-0.4, -0.2) is 20.2 Å². The highest BCUT2D eigenvalue weighted by molar-refractivity contribution is 7.24. The summed E-state index contributed by atoms with van der Waals surface area (Å²) in [5.74, 6) is 0.802. The number of ether oxygens (including phenoxy) is 1. The standard InChI is InChI=1S/C17H17NO2S/c1-18-10-5-11-20-14-8-4-7-13-16(19)12-6-2-3-9-15(12)21-17(13)14/h2-4,6-9,18H,5,10-11H2,1H3. The van der Waals surface area contributed by atoms with Crippen molar-refractivity contribution in [2.75, 3.05) is 20.2 Å². The van der Waals surface area contributed by atoms with Gasteiger partial charge in [-0.25, -0.2) is 0 Å². The van der Waals surface area contributed by atoms with Gasteiger partial charge in [0.2, 0.25) is 0 Å². The largest absolute Gasteiger partial charge is 0.492 e. The van der Waals surface area contributed by atoms with E-state index in [1.54, 1.807) is 11.3 Å². The molecule has 0 fully saturated rings. The predicted molar refractivity (Wildman–Crippen MR) is 89.6 cm³/mol. The molecule has 1 aromatic heterocycles. The molecule has 1 heterocycles. The Morgan fingerprint density at radius 1 is 1.10 bits per heavy atom. The van der Waals surface area contributed by atoms with Gasteiger partial charge in [0.1, 0.15) is 5.75 Å². The van der Waals surface area contributed by atoms with Crippen LogP contribution in [0.5, 0.6) is 5.75 Å². The zero-order valence-corrected chi connectivity index (χ0v) is 12.7. The van der Waals surface area contributed by atoms with Crippen molar-refractivity contribution in [3.8, 4) is 5.75 Å². The van der Waals surface area contributed by atoms with E-state index >= 15 is 0 Å². The molecule has 0 atom stereocenters. The normalized spacial score (nSPS) is 11.1. The number of rotatable bonds is 5. The van der Waals surface area contributed by atoms with E-state index in [1.165, 1.54) is 0 Å². The first kappa shape index (κ1) is 14.0. The lowest BCUT2D eigenvalue weighted by Crippen LogP contribution is -2.11. The van der Waals surface area contributed by atoms with E-state index in [9.17, 15) is 4.79 Å². The lowest BCUT2D eigenvalue weighted by atomic mass is 10.2. The van der Waals surface area contributed by atoms with Gasteiger partial charge < -0.3 is 10.1 Å². The maximum atomic E-state index is 12.6. The Kier molecular flexibility index (Phi) is 4.18. The van der Waals surface area contributed by atoms with Gasteiger partial charge in [-0.15, -0.1) is 11.3 Å². The third-order valence-electron chi connectivity index (χ3n) is 3.40. The zero-order valence-electron chi connectivity index (χ0n) is 11.9. The van der Waals surface area contributed by atoms with Gasteiger partial charge in [-0.05, 0) is 44.3 Å². The van der Waals surface area contributed by atoms with Crippen LogP contribution in [0.3, 0.4) is 0 Å². The summed E-state index contributed by atoms with van der Waals surface area (Å²) in [5, 5.41) is 4.62. The molecule has 21 heavy (non-hydrogen) atoms. The molecule has 3 rings (SSSR count). The van der Waals surface area contributed by atoms with Crippen molar-refractivity contribution < 1.29 is 4.74 Å². The molecule has 108 valence electrons. The summed E-state index contributed by atoms with van der Waals surface area (Å²) >= 11 is 1.62. The van der Waals surface area contributed by atoms with Crippen LogP contribution in [0, 0.1) is 0 Å². The minimum absolute atomic E-state index is 0.0834. The van der Waals surface area contributed by atoms with Crippen molar-refractivity contribution in [2.24, 2.45) is 0 Å². The van der Waals surface area contributed by atoms with Crippen molar-refractivity contribution in [1.29, 1.82) is 0 Å². The molecule has 4 heteroatoms. The number of fused-ring (bicyclic) bond motifs is 2. The van der Waals surface area contributed by atoms with Crippen molar-refractivity contribution in [2.45, 2.75) is 6.42 Å². The second kappa shape index (κ2) is 6.24. The average molecular weight is 299 g/mol. The van der Waals surface area contributed by atoms with Gasteiger partial charge in [-0.3, -0.25) is 4.79 Å². The fourth-order valence-electron chi connectivity index (χ4n) is 2.34. The van der Waals surface area contributed by atoms with E-state index < -0.39 is 0 Å². The number of nitrogens with one attached hydrogen (secondary N) is 1. The molecule has 3 nitrogen and oxygen atoms in total. The van der Waals surface area contributed by atoms with Crippen molar-refractivity contribution in [1.82, 2.24) is 5.32 Å². The Hall–Kier alpha value is -1.91. The first-order valence-corrected chi connectivity index (χ1v) is 7.85. The monoisotopic (exact) mass is 299 g/mol. The minimum Gasteiger partial charge on any atom is -0.492 e. The Bertz CT molecular complexity index is 826. The Morgan fingerprint density at radius 3 is 2.76 bits per heavy atom. The number of benzene rings is 2. The maximum absolute atomic E-state index is 12.6. The molecule has 0 aliphatic carbocycles. The van der Waals surface area contributed by atoms with Crippen LogP contribution in [0.25, 0.3) is 20.2 Å². The number of hydrogen-bond donors (Lipinski definition) is 1. The van der Waals surface area contributed by atoms with Crippen LogP contribution >= 0.6 is 11.3 Å². The fourth-order valence-corrected chi connectivity index (χ4v) is 3.48. The van der Waals surface area contributed by atoms with E-state index in [2.05, 4.69) is 5.32 Å². The average Bonchev–Trinajstić information content (AvgIpc) is 2.52. The second-order valence-electron chi connectivity index (χ2n) is 4.87. The molecule has 1 N–H and O–H groups in total. The molecular weight excluding hydrogens is 282 g/mol. The van der Waals surface area contributed by atoms with Crippen LogP contribution in [0.1, 0.15) is 6.42 Å². The lowest BCUT2D eigenvalue weighted by molar-refractivity contribution is 0.314. The van der Waals surface area contributed by atoms with Crippen LogP contribution in [0.2, 0.25) is 0 Å². The van der Waals surface area contributed by atoms with Crippen LogP contribution in [0.4, 0.5) is 0 Å².